The summed E-state index contributed by atoms with van der Waals surface area (Å²) in [6.07, 6.45) is 1.86. The van der Waals surface area contributed by atoms with E-state index >= 15 is 0 Å². The smallest absolute Gasteiger partial charge is 0.279 e. The Kier molecular flexibility index (Phi) is 5.06. The minimum atomic E-state index is -2.59. The maximum atomic E-state index is 12.7. The highest BCUT2D eigenvalue weighted by Crippen LogP contribution is 2.26. The van der Waals surface area contributed by atoms with Gasteiger partial charge in [-0.05, 0) is 30.3 Å². The molecule has 0 aliphatic carbocycles. The SMILES string of the molecule is FC(F)c1cnc(-c2ccc(Cn3cc(-c4cc(Cl)cc(Cl)c4)nn3)nc2)[nH]1. The molecule has 0 saturated carbocycles. The summed E-state index contributed by atoms with van der Waals surface area (Å²) in [5, 5.41) is 9.25. The summed E-state index contributed by atoms with van der Waals surface area (Å²) < 4.78 is 26.9. The molecule has 6 nitrogen and oxygen atoms in total. The molecule has 0 saturated heterocycles. The first-order valence-electron chi connectivity index (χ1n) is 8.13. The molecule has 0 fully saturated rings. The molecule has 142 valence electrons. The lowest BCUT2D eigenvalue weighted by atomic mass is 10.2. The Morgan fingerprint density at radius 3 is 2.43 bits per heavy atom. The normalized spacial score (nSPS) is 11.3. The maximum Gasteiger partial charge on any atom is 0.279 e. The van der Waals surface area contributed by atoms with Crippen LogP contribution in [0.4, 0.5) is 8.78 Å². The largest absolute Gasteiger partial charge is 0.337 e. The highest BCUT2D eigenvalue weighted by atomic mass is 35.5. The summed E-state index contributed by atoms with van der Waals surface area (Å²) in [5.41, 5.74) is 2.51. The lowest BCUT2D eigenvalue weighted by Crippen LogP contribution is -2.02. The summed E-state index contributed by atoms with van der Waals surface area (Å²) in [6.45, 7) is 0.391. The quantitative estimate of drug-likeness (QED) is 0.491. The van der Waals surface area contributed by atoms with Crippen molar-refractivity contribution < 1.29 is 8.78 Å². The summed E-state index contributed by atoms with van der Waals surface area (Å²) in [7, 11) is 0. The van der Waals surface area contributed by atoms with Crippen molar-refractivity contribution in [3.63, 3.8) is 0 Å². The van der Waals surface area contributed by atoms with Crippen LogP contribution >= 0.6 is 23.2 Å². The molecule has 0 unspecified atom stereocenters. The van der Waals surface area contributed by atoms with E-state index in [0.29, 0.717) is 33.7 Å². The maximum absolute atomic E-state index is 12.7. The van der Waals surface area contributed by atoms with E-state index in [1.165, 1.54) is 0 Å². The second-order valence-electron chi connectivity index (χ2n) is 5.99. The van der Waals surface area contributed by atoms with Crippen molar-refractivity contribution in [2.45, 2.75) is 13.0 Å². The molecule has 10 heteroatoms. The summed E-state index contributed by atoms with van der Waals surface area (Å²) in [5.74, 6) is 0.343. The number of hydrogen-bond acceptors (Lipinski definition) is 4. The second kappa shape index (κ2) is 7.65. The highest BCUT2D eigenvalue weighted by molar-refractivity contribution is 6.35. The number of imidazole rings is 1. The molecule has 1 N–H and O–H groups in total. The number of hydrogen-bond donors (Lipinski definition) is 1. The van der Waals surface area contributed by atoms with Crippen LogP contribution < -0.4 is 0 Å². The van der Waals surface area contributed by atoms with Gasteiger partial charge < -0.3 is 4.98 Å². The van der Waals surface area contributed by atoms with E-state index in [-0.39, 0.29) is 5.69 Å². The predicted octanol–water partition coefficient (Wildman–Crippen LogP) is 5.02. The molecule has 0 aliphatic rings. The lowest BCUT2D eigenvalue weighted by molar-refractivity contribution is 0.146. The van der Waals surface area contributed by atoms with Gasteiger partial charge in [0, 0.05) is 27.4 Å². The van der Waals surface area contributed by atoms with Crippen molar-refractivity contribution in [3.8, 4) is 22.6 Å². The first-order chi connectivity index (χ1) is 13.5. The van der Waals surface area contributed by atoms with E-state index in [2.05, 4.69) is 25.3 Å². The molecule has 0 bridgehead atoms. The lowest BCUT2D eigenvalue weighted by Gasteiger charge is -2.02. The second-order valence-corrected chi connectivity index (χ2v) is 6.86. The minimum Gasteiger partial charge on any atom is -0.337 e. The number of H-pyrrole nitrogens is 1. The molecule has 3 aromatic heterocycles. The van der Waals surface area contributed by atoms with Crippen molar-refractivity contribution in [1.82, 2.24) is 29.9 Å². The van der Waals surface area contributed by atoms with E-state index in [9.17, 15) is 8.78 Å². The monoisotopic (exact) mass is 420 g/mol. The van der Waals surface area contributed by atoms with E-state index < -0.39 is 6.43 Å². The third-order valence-corrected chi connectivity index (χ3v) is 4.39. The molecular formula is C18H12Cl2F2N6. The van der Waals surface area contributed by atoms with E-state index in [1.54, 1.807) is 47.4 Å². The molecule has 1 aromatic carbocycles. The fourth-order valence-electron chi connectivity index (χ4n) is 2.63. The van der Waals surface area contributed by atoms with Crippen LogP contribution in [-0.4, -0.2) is 29.9 Å². The number of pyridine rings is 1. The number of rotatable bonds is 5. The van der Waals surface area contributed by atoms with Gasteiger partial charge in [-0.15, -0.1) is 5.10 Å². The Bertz CT molecular complexity index is 1090. The van der Waals surface area contributed by atoms with Gasteiger partial charge in [-0.3, -0.25) is 4.98 Å². The van der Waals surface area contributed by atoms with Gasteiger partial charge in [0.15, 0.2) is 0 Å². The average molecular weight is 421 g/mol. The van der Waals surface area contributed by atoms with Crippen molar-refractivity contribution in [3.05, 3.63) is 70.4 Å². The Hall–Kier alpha value is -2.84. The van der Waals surface area contributed by atoms with Crippen LogP contribution in [0.2, 0.25) is 10.0 Å². The zero-order valence-electron chi connectivity index (χ0n) is 14.2. The number of aromatic amines is 1. The predicted molar refractivity (Wildman–Crippen MR) is 101 cm³/mol. The number of halogens is 4. The number of nitrogens with zero attached hydrogens (tertiary/aromatic N) is 5. The topological polar surface area (TPSA) is 72.3 Å². The third-order valence-electron chi connectivity index (χ3n) is 3.95. The fraction of sp³-hybridized carbons (Fsp3) is 0.111. The van der Waals surface area contributed by atoms with Gasteiger partial charge in [-0.25, -0.2) is 18.4 Å². The Balaban J connectivity index is 1.49. The van der Waals surface area contributed by atoms with Crippen LogP contribution in [0, 0.1) is 0 Å². The van der Waals surface area contributed by atoms with E-state index in [0.717, 1.165) is 17.5 Å². The molecule has 0 radical (unpaired) electrons. The number of benzene rings is 1. The van der Waals surface area contributed by atoms with Gasteiger partial charge in [-0.1, -0.05) is 28.4 Å². The van der Waals surface area contributed by atoms with Crippen LogP contribution in [0.5, 0.6) is 0 Å². The van der Waals surface area contributed by atoms with Gasteiger partial charge in [-0.2, -0.15) is 0 Å². The number of alkyl halides is 2. The molecule has 0 spiro atoms. The first-order valence-corrected chi connectivity index (χ1v) is 8.88. The Morgan fingerprint density at radius 2 is 1.79 bits per heavy atom. The van der Waals surface area contributed by atoms with Crippen LogP contribution in [0.1, 0.15) is 17.8 Å². The van der Waals surface area contributed by atoms with Crippen molar-refractivity contribution in [2.75, 3.05) is 0 Å². The number of nitrogens with one attached hydrogen (secondary N) is 1. The van der Waals surface area contributed by atoms with Crippen molar-refractivity contribution in [1.29, 1.82) is 0 Å². The summed E-state index contributed by atoms with van der Waals surface area (Å²) in [6, 6.07) is 8.69. The Morgan fingerprint density at radius 1 is 1.00 bits per heavy atom. The zero-order valence-corrected chi connectivity index (χ0v) is 15.7. The minimum absolute atomic E-state index is 0.227. The van der Waals surface area contributed by atoms with Gasteiger partial charge >= 0.3 is 0 Å². The van der Waals surface area contributed by atoms with Crippen LogP contribution in [-0.2, 0) is 6.54 Å². The van der Waals surface area contributed by atoms with E-state index in [4.69, 9.17) is 23.2 Å². The fourth-order valence-corrected chi connectivity index (χ4v) is 3.15. The average Bonchev–Trinajstić information content (AvgIpc) is 3.31. The molecule has 0 aliphatic heterocycles. The standard InChI is InChI=1S/C18H12Cl2F2N6/c19-12-3-11(4-13(20)5-12)16-9-28(27-26-16)8-14-2-1-10(6-23-14)18-24-7-15(25-18)17(21)22/h1-7,9,17H,8H2,(H,24,25). The summed E-state index contributed by atoms with van der Waals surface area (Å²) >= 11 is 12.0. The van der Waals surface area contributed by atoms with Gasteiger partial charge in [0.25, 0.3) is 6.43 Å². The first kappa shape index (κ1) is 18.5. The van der Waals surface area contributed by atoms with Gasteiger partial charge in [0.05, 0.1) is 24.6 Å². The van der Waals surface area contributed by atoms with E-state index in [1.807, 2.05) is 0 Å². The molecule has 3 heterocycles. The summed E-state index contributed by atoms with van der Waals surface area (Å²) in [4.78, 5) is 10.9. The Labute approximate surface area is 168 Å². The number of aromatic nitrogens is 6. The van der Waals surface area contributed by atoms with Gasteiger partial charge in [0.2, 0.25) is 0 Å². The molecule has 4 rings (SSSR count). The van der Waals surface area contributed by atoms with Crippen molar-refractivity contribution in [2.24, 2.45) is 0 Å². The zero-order chi connectivity index (χ0) is 19.7. The van der Waals surface area contributed by atoms with Crippen molar-refractivity contribution >= 4 is 23.2 Å². The third kappa shape index (κ3) is 4.02. The highest BCUT2D eigenvalue weighted by Gasteiger charge is 2.12. The molecule has 4 aromatic rings. The molecule has 28 heavy (non-hydrogen) atoms. The van der Waals surface area contributed by atoms with Crippen LogP contribution in [0.15, 0.2) is 48.9 Å². The molecular weight excluding hydrogens is 409 g/mol. The molecule has 0 amide bonds. The van der Waals surface area contributed by atoms with Gasteiger partial charge in [0.1, 0.15) is 17.2 Å². The van der Waals surface area contributed by atoms with Crippen LogP contribution in [0.25, 0.3) is 22.6 Å². The van der Waals surface area contributed by atoms with Crippen LogP contribution in [0.3, 0.4) is 0 Å². The molecule has 0 atom stereocenters.